The SMILES string of the molecule is Cl.Cl.[CH2]=[Zr]([C]1=CC(C(C)(C)C)=CC1)([C]1=Cc2cc3c(cc2C1(C)C)Cc1cc2c(cc1-3)C=CC2(C)C)([c]1ccc(C(C)(C)C)cc1)[c]1ccc(C(C)(C)C)cc1. The maximum absolute atomic E-state index is 5.88. The Morgan fingerprint density at radius 1 is 0.589 bits per heavy atom. The number of allylic oxidation sites excluding steroid dienone is 6. The quantitative estimate of drug-likeness (QED) is 0.169. The van der Waals surface area contributed by atoms with E-state index in [2.05, 4.69) is 193 Å². The third-order valence-corrected chi connectivity index (χ3v) is 31.1. The predicted molar refractivity (Wildman–Crippen MR) is 249 cm³/mol. The molecule has 294 valence electrons. The molecule has 0 aliphatic heterocycles. The Balaban J connectivity index is 0.00000266. The van der Waals surface area contributed by atoms with Gasteiger partial charge in [0.15, 0.2) is 0 Å². The second kappa shape index (κ2) is 13.3. The molecule has 0 unspecified atom stereocenters. The molecule has 0 aromatic heterocycles. The first-order valence-corrected chi connectivity index (χ1v) is 27.0. The summed E-state index contributed by atoms with van der Waals surface area (Å²) in [4.78, 5) is 0. The predicted octanol–water partition coefficient (Wildman–Crippen LogP) is 13.7. The van der Waals surface area contributed by atoms with Crippen LogP contribution in [0.1, 0.15) is 141 Å². The van der Waals surface area contributed by atoms with Crippen molar-refractivity contribution in [1.29, 1.82) is 0 Å². The summed E-state index contributed by atoms with van der Waals surface area (Å²) in [6.45, 7) is 30.7. The fourth-order valence-corrected chi connectivity index (χ4v) is 27.4. The van der Waals surface area contributed by atoms with Crippen LogP contribution in [-0.2, 0) is 46.4 Å². The Kier molecular flexibility index (Phi) is 10.2. The van der Waals surface area contributed by atoms with E-state index in [9.17, 15) is 0 Å². The topological polar surface area (TPSA) is 0 Å². The van der Waals surface area contributed by atoms with Crippen molar-refractivity contribution in [3.05, 3.63) is 148 Å². The van der Waals surface area contributed by atoms with Gasteiger partial charge in [-0.1, -0.05) is 0 Å². The van der Waals surface area contributed by atoms with Crippen LogP contribution >= 0.6 is 24.8 Å². The van der Waals surface area contributed by atoms with Gasteiger partial charge in [0, 0.05) is 0 Å². The van der Waals surface area contributed by atoms with Crippen LogP contribution in [0.5, 0.6) is 0 Å². The van der Waals surface area contributed by atoms with Gasteiger partial charge < -0.3 is 0 Å². The Hall–Kier alpha value is -2.83. The molecule has 4 aromatic rings. The summed E-state index contributed by atoms with van der Waals surface area (Å²) in [5, 5.41) is 0. The van der Waals surface area contributed by atoms with Crippen molar-refractivity contribution in [2.75, 3.05) is 0 Å². The van der Waals surface area contributed by atoms with Crippen LogP contribution in [-0.4, -0.2) is 4.21 Å². The molecule has 8 rings (SSSR count). The van der Waals surface area contributed by atoms with Crippen molar-refractivity contribution in [2.24, 2.45) is 5.41 Å². The standard InChI is InChI=1S/C23H21.2C10H13.C9H13.CH2.2ClH.Zr/c1-22(2)7-5-14-10-18-16(12-20(14)22)9-17-13-21-15(11-19(17)18)6-8-23(21,3)4;2*1-10(2,3)9-7-5-4-6-8-9;1-9(2,3)8-6-4-5-7-8;;;;/h5-7,10-13H,9H2,1-4H3;2*5-8H,1-3H3;6-7H,4H2,1-3H3;1H2;2*1H;. The summed E-state index contributed by atoms with van der Waals surface area (Å²) in [5.74, 6) is 0. The Bertz CT molecular complexity index is 2390. The van der Waals surface area contributed by atoms with Crippen LogP contribution < -0.4 is 6.54 Å². The molecule has 56 heavy (non-hydrogen) atoms. The summed E-state index contributed by atoms with van der Waals surface area (Å²) < 4.78 is 11.9. The molecule has 4 aliphatic rings. The fraction of sp³-hybridized carbons (Fsp3) is 0.377. The van der Waals surface area contributed by atoms with E-state index in [0.29, 0.717) is 0 Å². The number of hydrogen-bond donors (Lipinski definition) is 0. The number of fused-ring (bicyclic) bond motifs is 5. The molecule has 0 spiro atoms. The summed E-state index contributed by atoms with van der Waals surface area (Å²) in [6.07, 6.45) is 14.4. The van der Waals surface area contributed by atoms with Crippen LogP contribution in [0.15, 0.2) is 103 Å². The fourth-order valence-electron chi connectivity index (χ4n) is 10.5. The zero-order valence-corrected chi connectivity index (χ0v) is 40.3. The first kappa shape index (κ1) is 42.8. The van der Waals surface area contributed by atoms with Crippen molar-refractivity contribution in [3.8, 4) is 11.1 Å². The van der Waals surface area contributed by atoms with Crippen LogP contribution in [0.25, 0.3) is 23.3 Å². The van der Waals surface area contributed by atoms with Gasteiger partial charge in [0.2, 0.25) is 0 Å². The summed E-state index contributed by atoms with van der Waals surface area (Å²) in [7, 11) is 0. The van der Waals surface area contributed by atoms with Gasteiger partial charge in [-0.3, -0.25) is 0 Å². The van der Waals surface area contributed by atoms with Crippen molar-refractivity contribution >= 4 is 47.7 Å². The molecule has 0 N–H and O–H groups in total. The van der Waals surface area contributed by atoms with E-state index >= 15 is 0 Å². The van der Waals surface area contributed by atoms with Gasteiger partial charge in [-0.05, 0) is 0 Å². The first-order chi connectivity index (χ1) is 24.9. The molecule has 4 aliphatic carbocycles. The molecule has 0 saturated heterocycles. The zero-order chi connectivity index (χ0) is 39.0. The average Bonchev–Trinajstić information content (AvgIpc) is 3.86. The molecular formula is C53H64Cl2Zr. The van der Waals surface area contributed by atoms with E-state index in [1.54, 1.807) is 6.56 Å². The molecule has 0 fully saturated rings. The van der Waals surface area contributed by atoms with Crippen LogP contribution in [0, 0.1) is 5.41 Å². The van der Waals surface area contributed by atoms with Gasteiger partial charge >= 0.3 is 330 Å². The second-order valence-corrected chi connectivity index (χ2v) is 34.4. The van der Waals surface area contributed by atoms with E-state index in [1.165, 1.54) is 67.8 Å². The minimum atomic E-state index is -4.97. The summed E-state index contributed by atoms with van der Waals surface area (Å²) >= 11 is -4.97. The minimum absolute atomic E-state index is 0. The Morgan fingerprint density at radius 3 is 1.54 bits per heavy atom. The Labute approximate surface area is 352 Å². The second-order valence-electron chi connectivity index (χ2n) is 21.5. The zero-order valence-electron chi connectivity index (χ0n) is 36.3. The third-order valence-electron chi connectivity index (χ3n) is 14.1. The summed E-state index contributed by atoms with van der Waals surface area (Å²) in [5.41, 5.74) is 15.7. The molecule has 0 nitrogen and oxygen atoms in total. The molecule has 0 heterocycles. The van der Waals surface area contributed by atoms with Gasteiger partial charge in [-0.25, -0.2) is 0 Å². The number of halogens is 2. The van der Waals surface area contributed by atoms with E-state index in [1.807, 2.05) is 0 Å². The number of rotatable bonds is 4. The van der Waals surface area contributed by atoms with Gasteiger partial charge in [0.05, 0.1) is 0 Å². The van der Waals surface area contributed by atoms with Crippen molar-refractivity contribution in [2.45, 2.75) is 125 Å². The van der Waals surface area contributed by atoms with Crippen molar-refractivity contribution < 1.29 is 18.3 Å². The van der Waals surface area contributed by atoms with Gasteiger partial charge in [-0.15, -0.1) is 24.8 Å². The molecule has 4 aromatic carbocycles. The van der Waals surface area contributed by atoms with Gasteiger partial charge in [0.1, 0.15) is 0 Å². The number of hydrogen-bond acceptors (Lipinski definition) is 0. The third kappa shape index (κ3) is 6.20. The van der Waals surface area contributed by atoms with Crippen molar-refractivity contribution in [1.82, 2.24) is 0 Å². The molecule has 0 saturated carbocycles. The molecule has 0 amide bonds. The monoisotopic (exact) mass is 860 g/mol. The summed E-state index contributed by atoms with van der Waals surface area (Å²) in [6, 6.07) is 29.8. The van der Waals surface area contributed by atoms with Crippen LogP contribution in [0.3, 0.4) is 0 Å². The molecular weight excluding hydrogens is 799 g/mol. The Morgan fingerprint density at radius 2 is 1.07 bits per heavy atom. The van der Waals surface area contributed by atoms with E-state index < -0.39 is 18.3 Å². The van der Waals surface area contributed by atoms with Crippen LogP contribution in [0.4, 0.5) is 0 Å². The van der Waals surface area contributed by atoms with Crippen molar-refractivity contribution in [3.63, 3.8) is 0 Å². The van der Waals surface area contributed by atoms with Crippen LogP contribution in [0.2, 0.25) is 0 Å². The molecule has 0 radical (unpaired) electrons. The van der Waals surface area contributed by atoms with E-state index in [-0.39, 0.29) is 51.9 Å². The molecule has 3 heteroatoms. The molecule has 0 bridgehead atoms. The first-order valence-electron chi connectivity index (χ1n) is 20.4. The number of benzene rings is 4. The maximum atomic E-state index is 5.88. The average molecular weight is 863 g/mol. The van der Waals surface area contributed by atoms with E-state index in [0.717, 1.165) is 12.8 Å². The normalized spacial score (nSPS) is 17.9. The van der Waals surface area contributed by atoms with Gasteiger partial charge in [0.25, 0.3) is 0 Å². The molecule has 0 atom stereocenters. The van der Waals surface area contributed by atoms with Gasteiger partial charge in [-0.2, -0.15) is 0 Å². The van der Waals surface area contributed by atoms with E-state index in [4.69, 9.17) is 4.21 Å².